The summed E-state index contributed by atoms with van der Waals surface area (Å²) in [5, 5.41) is 12.2. The fourth-order valence-corrected chi connectivity index (χ4v) is 3.11. The average molecular weight is 347 g/mol. The molecule has 21 heavy (non-hydrogen) atoms. The Balaban J connectivity index is 2.10. The van der Waals surface area contributed by atoms with Crippen LogP contribution in [-0.2, 0) is 4.79 Å². The summed E-state index contributed by atoms with van der Waals surface area (Å²) >= 11 is 3.39. The molecular formula is C17H19BrN2O. The van der Waals surface area contributed by atoms with E-state index in [0.717, 1.165) is 29.3 Å². The molecule has 0 heterocycles. The number of nitrogens with zero attached hydrogens (tertiary/aromatic N) is 1. The first-order chi connectivity index (χ1) is 10.1. The highest BCUT2D eigenvalue weighted by Crippen LogP contribution is 2.24. The largest absolute Gasteiger partial charge is 0.348 e. The van der Waals surface area contributed by atoms with Gasteiger partial charge in [0.15, 0.2) is 0 Å². The molecule has 0 bridgehead atoms. The highest BCUT2D eigenvalue weighted by molar-refractivity contribution is 9.10. The summed E-state index contributed by atoms with van der Waals surface area (Å²) in [4.78, 5) is 12.3. The third kappa shape index (κ3) is 4.44. The van der Waals surface area contributed by atoms with Crippen molar-refractivity contribution in [3.63, 3.8) is 0 Å². The van der Waals surface area contributed by atoms with E-state index in [4.69, 9.17) is 0 Å². The first-order valence-corrected chi connectivity index (χ1v) is 8.07. The van der Waals surface area contributed by atoms with Crippen molar-refractivity contribution in [3.05, 3.63) is 39.9 Å². The predicted molar refractivity (Wildman–Crippen MR) is 87.3 cm³/mol. The van der Waals surface area contributed by atoms with Crippen LogP contribution in [0.1, 0.15) is 38.2 Å². The third-order valence-corrected chi connectivity index (χ3v) is 4.45. The van der Waals surface area contributed by atoms with Crippen LogP contribution in [0.2, 0.25) is 0 Å². The minimum Gasteiger partial charge on any atom is -0.348 e. The second kappa shape index (κ2) is 7.42. The van der Waals surface area contributed by atoms with E-state index in [9.17, 15) is 10.1 Å². The van der Waals surface area contributed by atoms with Crippen LogP contribution in [0.15, 0.2) is 34.3 Å². The molecule has 1 saturated carbocycles. The quantitative estimate of drug-likeness (QED) is 0.662. The Morgan fingerprint density at radius 1 is 1.43 bits per heavy atom. The van der Waals surface area contributed by atoms with Gasteiger partial charge in [0.1, 0.15) is 11.6 Å². The van der Waals surface area contributed by atoms with E-state index in [1.807, 2.05) is 30.3 Å². The van der Waals surface area contributed by atoms with Crippen molar-refractivity contribution >= 4 is 27.9 Å². The van der Waals surface area contributed by atoms with Crippen LogP contribution in [0.5, 0.6) is 0 Å². The van der Waals surface area contributed by atoms with Crippen molar-refractivity contribution in [2.24, 2.45) is 5.92 Å². The fourth-order valence-electron chi connectivity index (χ4n) is 2.69. The van der Waals surface area contributed by atoms with E-state index in [-0.39, 0.29) is 17.5 Å². The number of amides is 1. The lowest BCUT2D eigenvalue weighted by Gasteiger charge is -2.29. The van der Waals surface area contributed by atoms with Gasteiger partial charge in [-0.05, 0) is 42.5 Å². The van der Waals surface area contributed by atoms with E-state index >= 15 is 0 Å². The number of nitrogens with one attached hydrogen (secondary N) is 1. The van der Waals surface area contributed by atoms with Crippen molar-refractivity contribution in [2.45, 2.75) is 38.6 Å². The molecule has 0 aromatic heterocycles. The van der Waals surface area contributed by atoms with Gasteiger partial charge in [-0.25, -0.2) is 0 Å². The average Bonchev–Trinajstić information content (AvgIpc) is 2.47. The first-order valence-electron chi connectivity index (χ1n) is 7.28. The zero-order valence-electron chi connectivity index (χ0n) is 12.1. The van der Waals surface area contributed by atoms with E-state index in [1.54, 1.807) is 6.08 Å². The van der Waals surface area contributed by atoms with Gasteiger partial charge in [-0.15, -0.1) is 0 Å². The maximum Gasteiger partial charge on any atom is 0.262 e. The van der Waals surface area contributed by atoms with Gasteiger partial charge in [-0.3, -0.25) is 4.79 Å². The van der Waals surface area contributed by atoms with Gasteiger partial charge < -0.3 is 5.32 Å². The number of nitriles is 1. The predicted octanol–water partition coefficient (Wildman–Crippen LogP) is 4.05. The lowest BCUT2D eigenvalue weighted by Crippen LogP contribution is -2.41. The molecule has 1 N–H and O–H groups in total. The number of carbonyl (C=O) groups excluding carboxylic acids is 1. The van der Waals surface area contributed by atoms with E-state index < -0.39 is 0 Å². The summed E-state index contributed by atoms with van der Waals surface area (Å²) < 4.78 is 0.926. The number of rotatable bonds is 3. The lowest BCUT2D eigenvalue weighted by atomic mass is 9.86. The molecule has 0 unspecified atom stereocenters. The summed E-state index contributed by atoms with van der Waals surface area (Å²) in [6.45, 7) is 2.16. The Bertz CT molecular complexity index is 589. The molecule has 0 spiro atoms. The molecule has 1 fully saturated rings. The van der Waals surface area contributed by atoms with Gasteiger partial charge >= 0.3 is 0 Å². The van der Waals surface area contributed by atoms with Crippen molar-refractivity contribution in [2.75, 3.05) is 0 Å². The second-order valence-electron chi connectivity index (χ2n) is 5.57. The Hall–Kier alpha value is -1.60. The van der Waals surface area contributed by atoms with Crippen LogP contribution in [0, 0.1) is 17.2 Å². The molecule has 0 saturated heterocycles. The van der Waals surface area contributed by atoms with Gasteiger partial charge in [0, 0.05) is 10.5 Å². The first kappa shape index (κ1) is 15.8. The Kier molecular flexibility index (Phi) is 5.58. The van der Waals surface area contributed by atoms with Crippen LogP contribution in [0.4, 0.5) is 0 Å². The molecule has 1 aliphatic rings. The minimum atomic E-state index is -0.267. The summed E-state index contributed by atoms with van der Waals surface area (Å²) in [5.41, 5.74) is 0.999. The van der Waals surface area contributed by atoms with Crippen LogP contribution in [0.25, 0.3) is 6.08 Å². The van der Waals surface area contributed by atoms with Crippen LogP contribution in [0.3, 0.4) is 0 Å². The zero-order chi connectivity index (χ0) is 15.2. The molecule has 1 amide bonds. The summed E-state index contributed by atoms with van der Waals surface area (Å²) in [6, 6.07) is 9.74. The number of benzene rings is 1. The normalized spacial score (nSPS) is 22.4. The Morgan fingerprint density at radius 3 is 2.86 bits per heavy atom. The minimum absolute atomic E-state index is 0.158. The third-order valence-electron chi connectivity index (χ3n) is 3.95. The molecule has 4 heteroatoms. The van der Waals surface area contributed by atoms with Crippen molar-refractivity contribution in [3.8, 4) is 6.07 Å². The number of hydrogen-bond acceptors (Lipinski definition) is 2. The van der Waals surface area contributed by atoms with Crippen LogP contribution in [-0.4, -0.2) is 11.9 Å². The summed E-state index contributed by atoms with van der Waals surface area (Å²) in [6.07, 6.45) is 6.15. The smallest absolute Gasteiger partial charge is 0.262 e. The lowest BCUT2D eigenvalue weighted by molar-refractivity contribution is -0.118. The molecule has 1 aromatic carbocycles. The molecule has 0 radical (unpaired) electrons. The molecule has 110 valence electrons. The monoisotopic (exact) mass is 346 g/mol. The molecule has 2 atom stereocenters. The maximum atomic E-state index is 12.3. The molecule has 2 rings (SSSR count). The molecular weight excluding hydrogens is 328 g/mol. The topological polar surface area (TPSA) is 52.9 Å². The van der Waals surface area contributed by atoms with Crippen LogP contribution < -0.4 is 5.32 Å². The highest BCUT2D eigenvalue weighted by Gasteiger charge is 2.23. The van der Waals surface area contributed by atoms with Crippen molar-refractivity contribution < 1.29 is 4.79 Å². The van der Waals surface area contributed by atoms with Crippen molar-refractivity contribution in [1.29, 1.82) is 5.26 Å². The van der Waals surface area contributed by atoms with Gasteiger partial charge in [-0.2, -0.15) is 5.26 Å². The van der Waals surface area contributed by atoms with Gasteiger partial charge in [0.25, 0.3) is 5.91 Å². The van der Waals surface area contributed by atoms with Gasteiger partial charge in [0.05, 0.1) is 0 Å². The maximum absolute atomic E-state index is 12.3. The van der Waals surface area contributed by atoms with E-state index in [2.05, 4.69) is 28.2 Å². The number of hydrogen-bond donors (Lipinski definition) is 1. The summed E-state index contributed by atoms with van der Waals surface area (Å²) in [7, 11) is 0. The summed E-state index contributed by atoms with van der Waals surface area (Å²) in [5.74, 6) is 0.213. The Morgan fingerprint density at radius 2 is 2.19 bits per heavy atom. The fraction of sp³-hybridized carbons (Fsp3) is 0.412. The number of halogens is 1. The number of carbonyl (C=O) groups is 1. The zero-order valence-corrected chi connectivity index (χ0v) is 13.7. The Labute approximate surface area is 134 Å². The molecule has 1 aliphatic carbocycles. The van der Waals surface area contributed by atoms with E-state index in [0.29, 0.717) is 5.92 Å². The SMILES string of the molecule is C[C@H]1CCCC[C@H]1NC(=O)/C(C#N)=C/c1cccc(Br)c1. The van der Waals surface area contributed by atoms with Gasteiger partial charge in [-0.1, -0.05) is 47.8 Å². The van der Waals surface area contributed by atoms with Gasteiger partial charge in [0.2, 0.25) is 0 Å². The van der Waals surface area contributed by atoms with Crippen LogP contribution >= 0.6 is 15.9 Å². The standard InChI is InChI=1S/C17H19BrN2O/c1-12-5-2-3-8-16(12)20-17(21)14(11-19)9-13-6-4-7-15(18)10-13/h4,6-7,9-10,12,16H,2-3,5,8H2,1H3,(H,20,21)/b14-9+/t12-,16+/m0/s1. The molecule has 1 aromatic rings. The van der Waals surface area contributed by atoms with E-state index in [1.165, 1.54) is 6.42 Å². The highest BCUT2D eigenvalue weighted by atomic mass is 79.9. The molecule has 3 nitrogen and oxygen atoms in total. The second-order valence-corrected chi connectivity index (χ2v) is 6.48. The van der Waals surface area contributed by atoms with Crippen molar-refractivity contribution in [1.82, 2.24) is 5.32 Å². The molecule has 0 aliphatic heterocycles.